The molecule has 1 aromatic heterocycles. The molecule has 162 valence electrons. The predicted octanol–water partition coefficient (Wildman–Crippen LogP) is 6.94. The highest BCUT2D eigenvalue weighted by Crippen LogP contribution is 2.45. The molecule has 0 unspecified atom stereocenters. The van der Waals surface area contributed by atoms with Crippen molar-refractivity contribution in [3.63, 3.8) is 0 Å². The molecule has 0 N–H and O–H groups in total. The van der Waals surface area contributed by atoms with Gasteiger partial charge in [-0.1, -0.05) is 102 Å². The molecule has 1 nitrogen and oxygen atoms in total. The van der Waals surface area contributed by atoms with E-state index in [4.69, 9.17) is 0 Å². The molecule has 3 aromatic rings. The number of hydrogen-bond acceptors (Lipinski definition) is 0. The first-order chi connectivity index (χ1) is 14.0. The van der Waals surface area contributed by atoms with Gasteiger partial charge < -0.3 is 4.23 Å². The maximum Gasteiger partial charge on any atom is 0.186 e. The molecular weight excluding hydrogens is 401 g/mol. The molecule has 0 aliphatic carbocycles. The van der Waals surface area contributed by atoms with Crippen molar-refractivity contribution in [2.24, 2.45) is 0 Å². The summed E-state index contributed by atoms with van der Waals surface area (Å²) in [5.74, 6) is 0.0406. The van der Waals surface area contributed by atoms with Crippen molar-refractivity contribution < 1.29 is 4.39 Å². The summed E-state index contributed by atoms with van der Waals surface area (Å²) in [4.78, 5) is 0. The largest absolute Gasteiger partial charge is 0.345 e. The highest BCUT2D eigenvalue weighted by Gasteiger charge is 2.49. The monoisotopic (exact) mass is 439 g/mol. The number of hydrogen-bond donors (Lipinski definition) is 0. The van der Waals surface area contributed by atoms with Gasteiger partial charge in [0, 0.05) is 16.1 Å². The van der Waals surface area contributed by atoms with E-state index in [0.717, 1.165) is 16.1 Å². The number of aromatic nitrogens is 1. The van der Waals surface area contributed by atoms with Crippen LogP contribution < -0.4 is 10.4 Å². The van der Waals surface area contributed by atoms with Crippen LogP contribution in [0.25, 0.3) is 10.9 Å². The highest BCUT2D eigenvalue weighted by molar-refractivity contribution is 7.02. The molecule has 0 fully saturated rings. The number of aryl methyl sites for hydroxylation is 1. The van der Waals surface area contributed by atoms with E-state index < -0.39 is 16.3 Å². The van der Waals surface area contributed by atoms with Crippen molar-refractivity contribution in [1.29, 1.82) is 0 Å². The van der Waals surface area contributed by atoms with Gasteiger partial charge in [-0.25, -0.2) is 0 Å². The van der Waals surface area contributed by atoms with Gasteiger partial charge in [-0.15, -0.1) is 0 Å². The lowest BCUT2D eigenvalue weighted by molar-refractivity contribution is 0.566. The zero-order valence-electron chi connectivity index (χ0n) is 20.2. The first-order valence-electron chi connectivity index (χ1n) is 11.3. The molecule has 0 saturated carbocycles. The summed E-state index contributed by atoms with van der Waals surface area (Å²) in [6, 6.07) is 17.1. The number of rotatable bonds is 6. The predicted molar refractivity (Wildman–Crippen MR) is 136 cm³/mol. The third-order valence-corrected chi connectivity index (χ3v) is 17.6. The minimum absolute atomic E-state index is 0.0406. The molecule has 2 aromatic carbocycles. The Labute approximate surface area is 184 Å². The van der Waals surface area contributed by atoms with E-state index in [1.54, 1.807) is 0 Å². The molecule has 4 heteroatoms. The Balaban J connectivity index is 2.49. The van der Waals surface area contributed by atoms with Crippen LogP contribution in [0.4, 0.5) is 4.39 Å². The van der Waals surface area contributed by atoms with E-state index in [9.17, 15) is 0 Å². The zero-order valence-corrected chi connectivity index (χ0v) is 22.2. The van der Waals surface area contributed by atoms with Crippen molar-refractivity contribution in [2.45, 2.75) is 78.2 Å². The van der Waals surface area contributed by atoms with Crippen LogP contribution >= 0.6 is 0 Å². The van der Waals surface area contributed by atoms with E-state index in [1.807, 2.05) is 6.07 Å². The second kappa shape index (κ2) is 8.12. The molecule has 3 rings (SSSR count). The summed E-state index contributed by atoms with van der Waals surface area (Å²) in [6.07, 6.45) is 0. The topological polar surface area (TPSA) is 4.93 Å². The molecule has 0 atom stereocenters. The van der Waals surface area contributed by atoms with Crippen molar-refractivity contribution >= 4 is 37.6 Å². The van der Waals surface area contributed by atoms with Crippen molar-refractivity contribution in [3.8, 4) is 0 Å². The van der Waals surface area contributed by atoms with Crippen molar-refractivity contribution in [1.82, 2.24) is 4.23 Å². The van der Waals surface area contributed by atoms with Crippen LogP contribution in [0.5, 0.6) is 0 Å². The fraction of sp³-hybridized carbons (Fsp3) is 0.462. The highest BCUT2D eigenvalue weighted by atomic mass is 28.3. The van der Waals surface area contributed by atoms with E-state index in [1.165, 1.54) is 10.8 Å². The first kappa shape index (κ1) is 23.0. The van der Waals surface area contributed by atoms with Gasteiger partial charge in [-0.3, -0.25) is 0 Å². The number of halogens is 1. The van der Waals surface area contributed by atoms with Crippen molar-refractivity contribution in [3.05, 3.63) is 60.0 Å². The van der Waals surface area contributed by atoms with Gasteiger partial charge in [0.05, 0.1) is 0 Å². The summed E-state index contributed by atoms with van der Waals surface area (Å²) in [5.41, 5.74) is 3.63. The standard InChI is InChI=1S/C26H38FNSi2/c1-18(2)30(19(3)4,20(5)6)28-24-16-15-21(7)17-23(24)25(26(28)27)29(8,9)22-13-11-10-12-14-22/h10-20H,1-9H3. The van der Waals surface area contributed by atoms with Crippen LogP contribution in [0.1, 0.15) is 47.1 Å². The summed E-state index contributed by atoms with van der Waals surface area (Å²) < 4.78 is 19.0. The molecular formula is C26H38FNSi2. The Morgan fingerprint density at radius 3 is 1.83 bits per heavy atom. The number of nitrogens with zero attached hydrogens (tertiary/aromatic N) is 1. The Bertz CT molecular complexity index is 1010. The Morgan fingerprint density at radius 1 is 0.800 bits per heavy atom. The molecule has 0 bridgehead atoms. The van der Waals surface area contributed by atoms with Crippen molar-refractivity contribution in [2.75, 3.05) is 0 Å². The molecule has 0 aliphatic heterocycles. The lowest BCUT2D eigenvalue weighted by Gasteiger charge is -2.44. The van der Waals surface area contributed by atoms with E-state index in [2.05, 4.69) is 108 Å². The molecule has 1 heterocycles. The Hall–Kier alpha value is -1.66. The summed E-state index contributed by atoms with van der Waals surface area (Å²) >= 11 is 0. The second-order valence-corrected chi connectivity index (χ2v) is 20.4. The van der Waals surface area contributed by atoms with Crippen LogP contribution in [-0.2, 0) is 0 Å². The lowest BCUT2D eigenvalue weighted by atomic mass is 10.2. The zero-order chi connectivity index (χ0) is 22.4. The second-order valence-electron chi connectivity index (χ2n) is 10.4. The van der Waals surface area contributed by atoms with Gasteiger partial charge in [-0.05, 0) is 35.7 Å². The molecule has 0 saturated heterocycles. The molecule has 0 spiro atoms. The average molecular weight is 440 g/mol. The summed E-state index contributed by atoms with van der Waals surface area (Å²) in [5, 5.41) is 3.40. The SMILES string of the molecule is Cc1ccc2c(c1)c([Si](C)(C)c1ccccc1)c(F)n2[Si](C(C)C)(C(C)C)C(C)C. The fourth-order valence-corrected chi connectivity index (χ4v) is 15.7. The third-order valence-electron chi connectivity index (χ3n) is 7.35. The van der Waals surface area contributed by atoms with Gasteiger partial charge >= 0.3 is 0 Å². The van der Waals surface area contributed by atoms with E-state index in [0.29, 0.717) is 16.6 Å². The maximum absolute atomic E-state index is 16.8. The minimum atomic E-state index is -2.23. The van der Waals surface area contributed by atoms with Gasteiger partial charge in [0.15, 0.2) is 14.2 Å². The van der Waals surface area contributed by atoms with Crippen LogP contribution in [0.2, 0.25) is 29.7 Å². The maximum atomic E-state index is 16.8. The first-order valence-corrected chi connectivity index (χ1v) is 16.5. The summed E-state index contributed by atoms with van der Waals surface area (Å²) in [6.45, 7) is 20.6. The Morgan fingerprint density at radius 2 is 1.33 bits per heavy atom. The van der Waals surface area contributed by atoms with Gasteiger partial charge in [0.25, 0.3) is 0 Å². The van der Waals surface area contributed by atoms with Crippen LogP contribution in [0.15, 0.2) is 48.5 Å². The van der Waals surface area contributed by atoms with Crippen LogP contribution in [0, 0.1) is 12.9 Å². The molecule has 0 aliphatic rings. The smallest absolute Gasteiger partial charge is 0.186 e. The quantitative estimate of drug-likeness (QED) is 0.367. The number of benzene rings is 2. The number of fused-ring (bicyclic) bond motifs is 1. The van der Waals surface area contributed by atoms with Gasteiger partial charge in [0.2, 0.25) is 0 Å². The normalized spacial score (nSPS) is 13.2. The Kier molecular flexibility index (Phi) is 6.23. The molecule has 0 radical (unpaired) electrons. The lowest BCUT2D eigenvalue weighted by Crippen LogP contribution is -2.56. The van der Waals surface area contributed by atoms with Crippen LogP contribution in [0.3, 0.4) is 0 Å². The van der Waals surface area contributed by atoms with E-state index in [-0.39, 0.29) is 5.95 Å². The van der Waals surface area contributed by atoms with Gasteiger partial charge in [-0.2, -0.15) is 4.39 Å². The molecule has 0 amide bonds. The average Bonchev–Trinajstić information content (AvgIpc) is 2.94. The van der Waals surface area contributed by atoms with E-state index >= 15 is 4.39 Å². The third kappa shape index (κ3) is 3.32. The van der Waals surface area contributed by atoms with Gasteiger partial charge in [0.1, 0.15) is 8.07 Å². The van der Waals surface area contributed by atoms with Crippen LogP contribution in [-0.4, -0.2) is 20.5 Å². The summed E-state index contributed by atoms with van der Waals surface area (Å²) in [7, 11) is -4.45. The molecule has 30 heavy (non-hydrogen) atoms. The minimum Gasteiger partial charge on any atom is -0.345 e. The fourth-order valence-electron chi connectivity index (χ4n) is 6.12.